The number of hydrogen-bond donors (Lipinski definition) is 0. The highest BCUT2D eigenvalue weighted by atomic mass is 16.5. The molecule has 4 heteroatoms. The fraction of sp³-hybridized carbons (Fsp3) is 0.900. The van der Waals surface area contributed by atoms with Crippen LogP contribution in [0, 0.1) is 5.21 Å². The van der Waals surface area contributed by atoms with Crippen LogP contribution in [0.15, 0.2) is 0 Å². The van der Waals surface area contributed by atoms with Gasteiger partial charge in [-0.1, -0.05) is 6.92 Å². The molecule has 0 aliphatic carbocycles. The number of nitrogens with zero attached hydrogens (tertiary/aromatic N) is 1. The number of hydroxylamine groups is 1. The van der Waals surface area contributed by atoms with Gasteiger partial charge in [-0.15, -0.1) is 0 Å². The van der Waals surface area contributed by atoms with Crippen LogP contribution >= 0.6 is 0 Å². The molecule has 1 aliphatic rings. The maximum Gasteiger partial charge on any atom is 0.196 e. The van der Waals surface area contributed by atoms with Crippen molar-refractivity contribution < 1.29 is 14.2 Å². The van der Waals surface area contributed by atoms with Crippen LogP contribution in [0.25, 0.3) is 0 Å². The van der Waals surface area contributed by atoms with Crippen LogP contribution in [0.4, 0.5) is 0 Å². The van der Waals surface area contributed by atoms with Crippen molar-refractivity contribution >= 4 is 5.71 Å². The zero-order valence-corrected chi connectivity index (χ0v) is 9.21. The minimum Gasteiger partial charge on any atom is -0.623 e. The molecule has 0 aromatic carbocycles. The van der Waals surface area contributed by atoms with Crippen LogP contribution in [0.3, 0.4) is 0 Å². The van der Waals surface area contributed by atoms with Gasteiger partial charge in [0.15, 0.2) is 11.3 Å². The topological polar surface area (TPSA) is 44.5 Å². The average Bonchev–Trinajstić information content (AvgIpc) is 2.48. The second-order valence-corrected chi connectivity index (χ2v) is 3.80. The lowest BCUT2D eigenvalue weighted by molar-refractivity contribution is -0.547. The summed E-state index contributed by atoms with van der Waals surface area (Å²) in [6.07, 6.45) is 2.52. The summed E-state index contributed by atoms with van der Waals surface area (Å²) >= 11 is 0. The van der Waals surface area contributed by atoms with Crippen molar-refractivity contribution in [3.63, 3.8) is 0 Å². The van der Waals surface area contributed by atoms with Crippen LogP contribution in [-0.2, 0) is 9.47 Å². The Balaban J connectivity index is 2.80. The monoisotopic (exact) mass is 201 g/mol. The highest BCUT2D eigenvalue weighted by molar-refractivity contribution is 5.82. The molecular formula is C10H19NO3. The minimum atomic E-state index is -0.345. The van der Waals surface area contributed by atoms with Crippen molar-refractivity contribution in [1.29, 1.82) is 0 Å². The standard InChI is InChI=1S/C10H19NO3/c1-4-10(8-14-3)6-5-9(7-13-2)11(10)12/h4-8H2,1-3H3/t10-/m0/s1. The quantitative estimate of drug-likeness (QED) is 0.495. The maximum absolute atomic E-state index is 12.0. The average molecular weight is 201 g/mol. The molecule has 0 saturated carbocycles. The third-order valence-electron chi connectivity index (χ3n) is 2.98. The van der Waals surface area contributed by atoms with Gasteiger partial charge < -0.3 is 14.7 Å². The third-order valence-corrected chi connectivity index (χ3v) is 2.98. The molecule has 14 heavy (non-hydrogen) atoms. The van der Waals surface area contributed by atoms with E-state index < -0.39 is 0 Å². The lowest BCUT2D eigenvalue weighted by Crippen LogP contribution is -2.41. The van der Waals surface area contributed by atoms with E-state index in [0.717, 1.165) is 29.7 Å². The van der Waals surface area contributed by atoms with Crippen molar-refractivity contribution in [2.45, 2.75) is 31.7 Å². The zero-order valence-electron chi connectivity index (χ0n) is 9.21. The first-order valence-electron chi connectivity index (χ1n) is 5.00. The molecule has 1 atom stereocenters. The maximum atomic E-state index is 12.0. The van der Waals surface area contributed by atoms with Gasteiger partial charge in [0.1, 0.15) is 13.2 Å². The summed E-state index contributed by atoms with van der Waals surface area (Å²) in [6, 6.07) is 0. The zero-order chi connectivity index (χ0) is 10.6. The van der Waals surface area contributed by atoms with E-state index in [4.69, 9.17) is 9.47 Å². The second kappa shape index (κ2) is 4.75. The Morgan fingerprint density at radius 3 is 2.64 bits per heavy atom. The van der Waals surface area contributed by atoms with Crippen LogP contribution in [0.1, 0.15) is 26.2 Å². The highest BCUT2D eigenvalue weighted by Crippen LogP contribution is 2.28. The molecule has 0 unspecified atom stereocenters. The molecule has 1 heterocycles. The van der Waals surface area contributed by atoms with Gasteiger partial charge in [0.25, 0.3) is 0 Å². The van der Waals surface area contributed by atoms with Gasteiger partial charge >= 0.3 is 0 Å². The summed E-state index contributed by atoms with van der Waals surface area (Å²) in [5.41, 5.74) is 0.495. The third kappa shape index (κ3) is 1.91. The molecule has 0 bridgehead atoms. The van der Waals surface area contributed by atoms with E-state index in [1.165, 1.54) is 0 Å². The first-order valence-corrected chi connectivity index (χ1v) is 5.00. The Morgan fingerprint density at radius 1 is 1.43 bits per heavy atom. The molecule has 0 fully saturated rings. The lowest BCUT2D eigenvalue weighted by Gasteiger charge is -2.25. The predicted molar refractivity (Wildman–Crippen MR) is 54.6 cm³/mol. The summed E-state index contributed by atoms with van der Waals surface area (Å²) in [7, 11) is 3.25. The highest BCUT2D eigenvalue weighted by Gasteiger charge is 2.44. The van der Waals surface area contributed by atoms with Crippen LogP contribution < -0.4 is 0 Å². The first-order chi connectivity index (χ1) is 6.70. The van der Waals surface area contributed by atoms with Gasteiger partial charge in [0.05, 0.1) is 0 Å². The molecule has 0 amide bonds. The van der Waals surface area contributed by atoms with E-state index in [0.29, 0.717) is 13.2 Å². The van der Waals surface area contributed by atoms with Crippen molar-refractivity contribution in [2.75, 3.05) is 27.4 Å². The fourth-order valence-corrected chi connectivity index (χ4v) is 2.03. The van der Waals surface area contributed by atoms with Gasteiger partial charge in [-0.05, 0) is 0 Å². The predicted octanol–water partition coefficient (Wildman–Crippen LogP) is 1.17. The second-order valence-electron chi connectivity index (χ2n) is 3.80. The van der Waals surface area contributed by atoms with Gasteiger partial charge in [-0.25, -0.2) is 4.74 Å². The SMILES string of the molecule is CC[C@@]1(COC)CCC(COC)=[N+]1[O-]. The Labute approximate surface area is 85.1 Å². The Bertz CT molecular complexity index is 227. The van der Waals surface area contributed by atoms with E-state index in [1.807, 2.05) is 6.92 Å². The minimum absolute atomic E-state index is 0.345. The molecule has 0 aromatic rings. The van der Waals surface area contributed by atoms with E-state index in [1.54, 1.807) is 14.2 Å². The van der Waals surface area contributed by atoms with Crippen LogP contribution in [-0.4, -0.2) is 43.4 Å². The molecule has 1 aliphatic heterocycles. The fourth-order valence-electron chi connectivity index (χ4n) is 2.03. The molecule has 0 saturated heterocycles. The molecule has 0 spiro atoms. The molecule has 1 rings (SSSR count). The van der Waals surface area contributed by atoms with Crippen molar-refractivity contribution in [3.05, 3.63) is 5.21 Å². The van der Waals surface area contributed by atoms with E-state index in [9.17, 15) is 5.21 Å². The molecule has 0 radical (unpaired) electrons. The van der Waals surface area contributed by atoms with Crippen molar-refractivity contribution in [3.8, 4) is 0 Å². The smallest absolute Gasteiger partial charge is 0.196 e. The summed E-state index contributed by atoms with van der Waals surface area (Å²) in [5.74, 6) is 0. The number of rotatable bonds is 5. The number of methoxy groups -OCH3 is 2. The molecule has 82 valence electrons. The molecule has 0 aromatic heterocycles. The largest absolute Gasteiger partial charge is 0.623 e. The number of ether oxygens (including phenoxy) is 2. The summed E-state index contributed by atoms with van der Waals surface area (Å²) < 4.78 is 11.2. The normalized spacial score (nSPS) is 27.4. The first kappa shape index (κ1) is 11.5. The summed E-state index contributed by atoms with van der Waals surface area (Å²) in [5, 5.41) is 12.0. The van der Waals surface area contributed by atoms with Gasteiger partial charge in [-0.2, -0.15) is 0 Å². The van der Waals surface area contributed by atoms with Crippen molar-refractivity contribution in [1.82, 2.24) is 0 Å². The van der Waals surface area contributed by atoms with E-state index >= 15 is 0 Å². The Hall–Kier alpha value is -0.610. The van der Waals surface area contributed by atoms with E-state index in [-0.39, 0.29) is 5.54 Å². The van der Waals surface area contributed by atoms with Gasteiger partial charge in [0, 0.05) is 33.5 Å². The summed E-state index contributed by atoms with van der Waals surface area (Å²) in [6.45, 7) is 2.97. The number of hydrogen-bond acceptors (Lipinski definition) is 3. The van der Waals surface area contributed by atoms with E-state index in [2.05, 4.69) is 0 Å². The van der Waals surface area contributed by atoms with Gasteiger partial charge in [0.2, 0.25) is 0 Å². The summed E-state index contributed by atoms with van der Waals surface area (Å²) in [4.78, 5) is 0. The van der Waals surface area contributed by atoms with Crippen molar-refractivity contribution in [2.24, 2.45) is 0 Å². The van der Waals surface area contributed by atoms with Crippen LogP contribution in [0.2, 0.25) is 0 Å². The Morgan fingerprint density at radius 2 is 2.14 bits per heavy atom. The molecular weight excluding hydrogens is 182 g/mol. The van der Waals surface area contributed by atoms with Crippen LogP contribution in [0.5, 0.6) is 0 Å². The molecule has 0 N–H and O–H groups in total. The Kier molecular flexibility index (Phi) is 3.89. The lowest BCUT2D eigenvalue weighted by atomic mass is 9.94. The van der Waals surface area contributed by atoms with Gasteiger partial charge in [-0.3, -0.25) is 0 Å². The molecule has 4 nitrogen and oxygen atoms in total.